The summed E-state index contributed by atoms with van der Waals surface area (Å²) in [4.78, 5) is 11.6. The van der Waals surface area contributed by atoms with Crippen LogP contribution in [0.4, 0.5) is 4.39 Å². The van der Waals surface area contributed by atoms with Gasteiger partial charge in [0.05, 0.1) is 5.60 Å². The van der Waals surface area contributed by atoms with E-state index < -0.39 is 5.60 Å². The van der Waals surface area contributed by atoms with Crippen LogP contribution in [0.3, 0.4) is 0 Å². The molecule has 1 aromatic carbocycles. The summed E-state index contributed by atoms with van der Waals surface area (Å²) in [7, 11) is 0. The smallest absolute Gasteiger partial charge is 0.220 e. The van der Waals surface area contributed by atoms with Crippen molar-refractivity contribution in [2.24, 2.45) is 0 Å². The molecular formula is C14H18FNO2. The highest BCUT2D eigenvalue weighted by Gasteiger charge is 2.34. The summed E-state index contributed by atoms with van der Waals surface area (Å²) in [5.74, 6) is -0.338. The molecule has 0 radical (unpaired) electrons. The average molecular weight is 251 g/mol. The van der Waals surface area contributed by atoms with Gasteiger partial charge < -0.3 is 10.4 Å². The summed E-state index contributed by atoms with van der Waals surface area (Å²) in [6.07, 6.45) is 3.52. The Kier molecular flexibility index (Phi) is 3.97. The third kappa shape index (κ3) is 3.53. The highest BCUT2D eigenvalue weighted by atomic mass is 19.1. The lowest BCUT2D eigenvalue weighted by atomic mass is 9.80. The molecule has 98 valence electrons. The first-order valence-corrected chi connectivity index (χ1v) is 6.31. The molecule has 2 rings (SSSR count). The fourth-order valence-electron chi connectivity index (χ4n) is 2.02. The maximum Gasteiger partial charge on any atom is 0.220 e. The first-order chi connectivity index (χ1) is 8.57. The minimum atomic E-state index is -0.675. The highest BCUT2D eigenvalue weighted by molar-refractivity contribution is 5.76. The van der Waals surface area contributed by atoms with E-state index >= 15 is 0 Å². The SMILES string of the molecule is O=C(CCc1ccc(F)cc1)NCC1(O)CCC1. The van der Waals surface area contributed by atoms with Gasteiger partial charge in [0.15, 0.2) is 0 Å². The monoisotopic (exact) mass is 251 g/mol. The van der Waals surface area contributed by atoms with Crippen LogP contribution in [0.2, 0.25) is 0 Å². The average Bonchev–Trinajstić information content (AvgIpc) is 2.33. The molecule has 1 aliphatic carbocycles. The number of benzene rings is 1. The highest BCUT2D eigenvalue weighted by Crippen LogP contribution is 2.30. The summed E-state index contributed by atoms with van der Waals surface area (Å²) in [6, 6.07) is 6.15. The lowest BCUT2D eigenvalue weighted by molar-refractivity contribution is -0.123. The van der Waals surface area contributed by atoms with E-state index in [-0.39, 0.29) is 11.7 Å². The number of halogens is 1. The van der Waals surface area contributed by atoms with Crippen molar-refractivity contribution in [1.29, 1.82) is 0 Å². The fraction of sp³-hybridized carbons (Fsp3) is 0.500. The summed E-state index contributed by atoms with van der Waals surface area (Å²) >= 11 is 0. The number of amides is 1. The van der Waals surface area contributed by atoms with Gasteiger partial charge in [-0.25, -0.2) is 4.39 Å². The van der Waals surface area contributed by atoms with E-state index in [2.05, 4.69) is 5.32 Å². The third-order valence-corrected chi connectivity index (χ3v) is 3.45. The molecule has 0 aliphatic heterocycles. The molecule has 0 saturated heterocycles. The largest absolute Gasteiger partial charge is 0.388 e. The number of carbonyl (C=O) groups excluding carboxylic acids is 1. The summed E-state index contributed by atoms with van der Waals surface area (Å²) in [5, 5.41) is 12.6. The number of hydrogen-bond donors (Lipinski definition) is 2. The summed E-state index contributed by atoms with van der Waals surface area (Å²) in [6.45, 7) is 0.343. The zero-order valence-electron chi connectivity index (χ0n) is 10.3. The van der Waals surface area contributed by atoms with Gasteiger partial charge in [-0.2, -0.15) is 0 Å². The van der Waals surface area contributed by atoms with Crippen molar-refractivity contribution in [2.75, 3.05) is 6.54 Å². The van der Waals surface area contributed by atoms with Gasteiger partial charge in [-0.15, -0.1) is 0 Å². The molecule has 0 unspecified atom stereocenters. The van der Waals surface area contributed by atoms with E-state index in [1.54, 1.807) is 12.1 Å². The van der Waals surface area contributed by atoms with E-state index in [9.17, 15) is 14.3 Å². The Morgan fingerprint density at radius 3 is 2.56 bits per heavy atom. The van der Waals surface area contributed by atoms with Crippen molar-refractivity contribution in [2.45, 2.75) is 37.7 Å². The number of aryl methyl sites for hydroxylation is 1. The second-order valence-electron chi connectivity index (χ2n) is 4.98. The maximum absolute atomic E-state index is 12.7. The maximum atomic E-state index is 12.7. The van der Waals surface area contributed by atoms with Gasteiger partial charge in [0.25, 0.3) is 0 Å². The van der Waals surface area contributed by atoms with Crippen LogP contribution in [0.5, 0.6) is 0 Å². The van der Waals surface area contributed by atoms with Gasteiger partial charge in [0.2, 0.25) is 5.91 Å². The Morgan fingerprint density at radius 2 is 2.00 bits per heavy atom. The standard InChI is InChI=1S/C14H18FNO2/c15-12-5-2-11(3-6-12)4-7-13(17)16-10-14(18)8-1-9-14/h2-3,5-6,18H,1,4,7-10H2,(H,16,17). The van der Waals surface area contributed by atoms with Crippen molar-refractivity contribution in [3.05, 3.63) is 35.6 Å². The Hall–Kier alpha value is -1.42. The Labute approximate surface area is 106 Å². The van der Waals surface area contributed by atoms with Crippen LogP contribution in [0.25, 0.3) is 0 Å². The van der Waals surface area contributed by atoms with Gasteiger partial charge in [0, 0.05) is 13.0 Å². The Bertz CT molecular complexity index is 412. The molecule has 1 aromatic rings. The quantitative estimate of drug-likeness (QED) is 0.838. The van der Waals surface area contributed by atoms with Crippen molar-refractivity contribution >= 4 is 5.91 Å². The molecule has 0 atom stereocenters. The molecule has 0 bridgehead atoms. The Balaban J connectivity index is 1.69. The van der Waals surface area contributed by atoms with Crippen molar-refractivity contribution in [3.63, 3.8) is 0 Å². The van der Waals surface area contributed by atoms with Crippen molar-refractivity contribution in [1.82, 2.24) is 5.32 Å². The predicted molar refractivity (Wildman–Crippen MR) is 66.5 cm³/mol. The van der Waals surface area contributed by atoms with Crippen LogP contribution >= 0.6 is 0 Å². The second kappa shape index (κ2) is 5.48. The molecular weight excluding hydrogens is 233 g/mol. The number of aliphatic hydroxyl groups is 1. The van der Waals surface area contributed by atoms with E-state index in [0.29, 0.717) is 19.4 Å². The number of nitrogens with one attached hydrogen (secondary N) is 1. The summed E-state index contributed by atoms with van der Waals surface area (Å²) < 4.78 is 12.7. The number of rotatable bonds is 5. The predicted octanol–water partition coefficient (Wildman–Crippen LogP) is 1.79. The van der Waals surface area contributed by atoms with E-state index in [1.165, 1.54) is 12.1 Å². The lowest BCUT2D eigenvalue weighted by Crippen LogP contribution is -2.47. The summed E-state index contributed by atoms with van der Waals surface area (Å²) in [5.41, 5.74) is 0.264. The van der Waals surface area contributed by atoms with Crippen molar-refractivity contribution < 1.29 is 14.3 Å². The fourth-order valence-corrected chi connectivity index (χ4v) is 2.02. The third-order valence-electron chi connectivity index (χ3n) is 3.45. The van der Waals surface area contributed by atoms with Crippen LogP contribution in [0, 0.1) is 5.82 Å². The van der Waals surface area contributed by atoms with Gasteiger partial charge in [0.1, 0.15) is 5.82 Å². The van der Waals surface area contributed by atoms with E-state index in [4.69, 9.17) is 0 Å². The molecule has 1 fully saturated rings. The molecule has 2 N–H and O–H groups in total. The first-order valence-electron chi connectivity index (χ1n) is 6.31. The molecule has 0 aromatic heterocycles. The first kappa shape index (κ1) is 13.0. The van der Waals surface area contributed by atoms with Crippen molar-refractivity contribution in [3.8, 4) is 0 Å². The molecule has 0 spiro atoms. The normalized spacial score (nSPS) is 17.0. The van der Waals surface area contributed by atoms with Gasteiger partial charge in [-0.3, -0.25) is 4.79 Å². The number of hydrogen-bond acceptors (Lipinski definition) is 2. The second-order valence-corrected chi connectivity index (χ2v) is 4.98. The van der Waals surface area contributed by atoms with Crippen LogP contribution < -0.4 is 5.32 Å². The van der Waals surface area contributed by atoms with Gasteiger partial charge >= 0.3 is 0 Å². The Morgan fingerprint density at radius 1 is 1.33 bits per heavy atom. The molecule has 1 amide bonds. The van der Waals surface area contributed by atoms with Crippen LogP contribution in [0.1, 0.15) is 31.2 Å². The molecule has 3 nitrogen and oxygen atoms in total. The lowest BCUT2D eigenvalue weighted by Gasteiger charge is -2.36. The van der Waals surface area contributed by atoms with E-state index in [0.717, 1.165) is 24.8 Å². The minimum Gasteiger partial charge on any atom is -0.388 e. The van der Waals surface area contributed by atoms with Crippen LogP contribution in [-0.2, 0) is 11.2 Å². The topological polar surface area (TPSA) is 49.3 Å². The zero-order chi connectivity index (χ0) is 13.0. The molecule has 1 saturated carbocycles. The van der Waals surface area contributed by atoms with Gasteiger partial charge in [-0.1, -0.05) is 12.1 Å². The molecule has 0 heterocycles. The van der Waals surface area contributed by atoms with E-state index in [1.807, 2.05) is 0 Å². The van der Waals surface area contributed by atoms with Gasteiger partial charge in [-0.05, 0) is 43.4 Å². The molecule has 4 heteroatoms. The number of carbonyl (C=O) groups is 1. The van der Waals surface area contributed by atoms with Crippen LogP contribution in [0.15, 0.2) is 24.3 Å². The van der Waals surface area contributed by atoms with Crippen LogP contribution in [-0.4, -0.2) is 23.2 Å². The molecule has 18 heavy (non-hydrogen) atoms. The molecule has 1 aliphatic rings. The zero-order valence-corrected chi connectivity index (χ0v) is 10.3. The minimum absolute atomic E-state index is 0.0698.